The Kier molecular flexibility index (Phi) is 3.89. The molecule has 3 nitrogen and oxygen atoms in total. The van der Waals surface area contributed by atoms with Gasteiger partial charge in [-0.05, 0) is 30.5 Å². The zero-order chi connectivity index (χ0) is 10.6. The first-order valence-corrected chi connectivity index (χ1v) is 4.93. The highest BCUT2D eigenvalue weighted by molar-refractivity contribution is 6.17. The lowest BCUT2D eigenvalue weighted by molar-refractivity contribution is 0.374. The molecule has 0 atom stereocenters. The molecule has 0 aliphatic rings. The van der Waals surface area contributed by atoms with Gasteiger partial charge in [0.1, 0.15) is 0 Å². The Morgan fingerprint density at radius 3 is 2.79 bits per heavy atom. The summed E-state index contributed by atoms with van der Waals surface area (Å²) in [6.45, 7) is 0. The number of halogens is 1. The van der Waals surface area contributed by atoms with Crippen LogP contribution in [0.1, 0.15) is 12.0 Å². The fourth-order valence-corrected chi connectivity index (χ4v) is 1.39. The quantitative estimate of drug-likeness (QED) is 0.460. The largest absolute Gasteiger partial charge is 0.503 e. The van der Waals surface area contributed by atoms with E-state index in [-0.39, 0.29) is 5.75 Å². The molecule has 0 saturated carbocycles. The highest BCUT2D eigenvalue weighted by atomic mass is 35.5. The SMILES string of the molecule is COc1cc(CCCCl)cc(N)c1O. The van der Waals surface area contributed by atoms with Crippen molar-refractivity contribution < 1.29 is 9.84 Å². The highest BCUT2D eigenvalue weighted by Crippen LogP contribution is 2.33. The summed E-state index contributed by atoms with van der Waals surface area (Å²) in [5, 5.41) is 9.47. The van der Waals surface area contributed by atoms with Gasteiger partial charge in [-0.3, -0.25) is 0 Å². The van der Waals surface area contributed by atoms with Gasteiger partial charge < -0.3 is 15.6 Å². The van der Waals surface area contributed by atoms with Crippen molar-refractivity contribution in [1.29, 1.82) is 0 Å². The second-order valence-electron chi connectivity index (χ2n) is 3.03. The van der Waals surface area contributed by atoms with Crippen LogP contribution in [-0.4, -0.2) is 18.1 Å². The number of benzene rings is 1. The number of hydrogen-bond acceptors (Lipinski definition) is 3. The van der Waals surface area contributed by atoms with Crippen LogP contribution < -0.4 is 10.5 Å². The molecular formula is C10H14ClNO2. The van der Waals surface area contributed by atoms with Crippen LogP contribution >= 0.6 is 11.6 Å². The lowest BCUT2D eigenvalue weighted by Crippen LogP contribution is -1.94. The number of alkyl halides is 1. The van der Waals surface area contributed by atoms with Crippen molar-refractivity contribution in [2.75, 3.05) is 18.7 Å². The number of phenolic OH excluding ortho intramolecular Hbond substituents is 1. The smallest absolute Gasteiger partial charge is 0.181 e. The zero-order valence-corrected chi connectivity index (χ0v) is 8.84. The number of nitrogens with two attached hydrogens (primary N) is 1. The van der Waals surface area contributed by atoms with Gasteiger partial charge in [-0.1, -0.05) is 0 Å². The summed E-state index contributed by atoms with van der Waals surface area (Å²) in [6, 6.07) is 3.52. The summed E-state index contributed by atoms with van der Waals surface area (Å²) in [7, 11) is 1.50. The van der Waals surface area contributed by atoms with E-state index in [1.807, 2.05) is 0 Å². The zero-order valence-electron chi connectivity index (χ0n) is 8.09. The van der Waals surface area contributed by atoms with Crippen molar-refractivity contribution in [1.82, 2.24) is 0 Å². The number of hydrogen-bond donors (Lipinski definition) is 2. The van der Waals surface area contributed by atoms with Gasteiger partial charge in [0, 0.05) is 5.88 Å². The van der Waals surface area contributed by atoms with E-state index in [0.717, 1.165) is 18.4 Å². The molecule has 1 aromatic rings. The maximum atomic E-state index is 9.47. The maximum Gasteiger partial charge on any atom is 0.181 e. The molecule has 1 aromatic carbocycles. The molecule has 14 heavy (non-hydrogen) atoms. The van der Waals surface area contributed by atoms with Crippen LogP contribution in [0.15, 0.2) is 12.1 Å². The van der Waals surface area contributed by atoms with Gasteiger partial charge in [0.2, 0.25) is 0 Å². The molecule has 0 aliphatic carbocycles. The average Bonchev–Trinajstić information content (AvgIpc) is 2.19. The van der Waals surface area contributed by atoms with Gasteiger partial charge in [0.25, 0.3) is 0 Å². The van der Waals surface area contributed by atoms with Crippen LogP contribution in [-0.2, 0) is 6.42 Å². The molecule has 0 radical (unpaired) electrons. The predicted octanol–water partition coefficient (Wildman–Crippen LogP) is 2.15. The van der Waals surface area contributed by atoms with Gasteiger partial charge in [0.05, 0.1) is 12.8 Å². The Bertz CT molecular complexity index is 315. The van der Waals surface area contributed by atoms with Crippen LogP contribution in [0.25, 0.3) is 0 Å². The molecule has 0 amide bonds. The molecule has 1 rings (SSSR count). The fraction of sp³-hybridized carbons (Fsp3) is 0.400. The van der Waals surface area contributed by atoms with Crippen molar-refractivity contribution in [2.24, 2.45) is 0 Å². The number of phenols is 1. The number of ether oxygens (including phenoxy) is 1. The van der Waals surface area contributed by atoms with Crippen LogP contribution in [0.2, 0.25) is 0 Å². The topological polar surface area (TPSA) is 55.5 Å². The summed E-state index contributed by atoms with van der Waals surface area (Å²) in [5.41, 5.74) is 6.97. The minimum Gasteiger partial charge on any atom is -0.503 e. The monoisotopic (exact) mass is 215 g/mol. The van der Waals surface area contributed by atoms with Crippen molar-refractivity contribution in [3.63, 3.8) is 0 Å². The highest BCUT2D eigenvalue weighted by Gasteiger charge is 2.07. The first kappa shape index (κ1) is 11.0. The molecular weight excluding hydrogens is 202 g/mol. The molecule has 0 unspecified atom stereocenters. The minimum atomic E-state index is 0.00197. The third kappa shape index (κ3) is 2.45. The van der Waals surface area contributed by atoms with Crippen molar-refractivity contribution in [2.45, 2.75) is 12.8 Å². The van der Waals surface area contributed by atoms with Gasteiger partial charge >= 0.3 is 0 Å². The van der Waals surface area contributed by atoms with Gasteiger partial charge in [-0.25, -0.2) is 0 Å². The van der Waals surface area contributed by atoms with E-state index in [1.54, 1.807) is 12.1 Å². The van der Waals surface area contributed by atoms with E-state index in [0.29, 0.717) is 17.3 Å². The molecule has 0 aliphatic heterocycles. The van der Waals surface area contributed by atoms with Crippen LogP contribution in [0.5, 0.6) is 11.5 Å². The number of aromatic hydroxyl groups is 1. The maximum absolute atomic E-state index is 9.47. The van der Waals surface area contributed by atoms with E-state index in [4.69, 9.17) is 22.1 Å². The number of nitrogen functional groups attached to an aromatic ring is 1. The Morgan fingerprint density at radius 2 is 2.21 bits per heavy atom. The van der Waals surface area contributed by atoms with E-state index >= 15 is 0 Å². The number of anilines is 1. The molecule has 0 aromatic heterocycles. The second-order valence-corrected chi connectivity index (χ2v) is 3.41. The molecule has 0 heterocycles. The summed E-state index contributed by atoms with van der Waals surface area (Å²) >= 11 is 5.58. The number of aryl methyl sites for hydroxylation is 1. The normalized spacial score (nSPS) is 10.1. The van der Waals surface area contributed by atoms with Gasteiger partial charge in [0.15, 0.2) is 11.5 Å². The molecule has 78 valence electrons. The third-order valence-corrected chi connectivity index (χ3v) is 2.25. The van der Waals surface area contributed by atoms with Crippen LogP contribution in [0.3, 0.4) is 0 Å². The standard InChI is InChI=1S/C10H14ClNO2/c1-14-9-6-7(3-2-4-11)5-8(12)10(9)13/h5-6,13H,2-4,12H2,1H3. The Morgan fingerprint density at radius 1 is 1.50 bits per heavy atom. The van der Waals surface area contributed by atoms with E-state index < -0.39 is 0 Å². The Hall–Kier alpha value is -1.09. The lowest BCUT2D eigenvalue weighted by Gasteiger charge is -2.08. The summed E-state index contributed by atoms with van der Waals surface area (Å²) in [4.78, 5) is 0. The van der Waals surface area contributed by atoms with Gasteiger partial charge in [-0.2, -0.15) is 0 Å². The first-order valence-electron chi connectivity index (χ1n) is 4.40. The predicted molar refractivity (Wildman–Crippen MR) is 58.1 cm³/mol. The Balaban J connectivity index is 2.91. The Labute approximate surface area is 88.4 Å². The van der Waals surface area contributed by atoms with E-state index in [1.165, 1.54) is 7.11 Å². The fourth-order valence-electron chi connectivity index (χ4n) is 1.26. The number of methoxy groups -OCH3 is 1. The summed E-state index contributed by atoms with van der Waals surface area (Å²) in [6.07, 6.45) is 1.72. The van der Waals surface area contributed by atoms with Crippen LogP contribution in [0, 0.1) is 0 Å². The first-order chi connectivity index (χ1) is 6.69. The third-order valence-electron chi connectivity index (χ3n) is 1.98. The molecule has 3 N–H and O–H groups in total. The molecule has 4 heteroatoms. The molecule has 0 bridgehead atoms. The van der Waals surface area contributed by atoms with E-state index in [2.05, 4.69) is 0 Å². The van der Waals surface area contributed by atoms with Crippen molar-refractivity contribution in [3.05, 3.63) is 17.7 Å². The second kappa shape index (κ2) is 4.96. The van der Waals surface area contributed by atoms with Gasteiger partial charge in [-0.15, -0.1) is 11.6 Å². The molecule has 0 saturated heterocycles. The van der Waals surface area contributed by atoms with E-state index in [9.17, 15) is 5.11 Å². The van der Waals surface area contributed by atoms with Crippen LogP contribution in [0.4, 0.5) is 5.69 Å². The summed E-state index contributed by atoms with van der Waals surface area (Å²) in [5.74, 6) is 1.03. The lowest BCUT2D eigenvalue weighted by atomic mass is 10.1. The van der Waals surface area contributed by atoms with Crippen molar-refractivity contribution in [3.8, 4) is 11.5 Å². The molecule has 0 fully saturated rings. The summed E-state index contributed by atoms with van der Waals surface area (Å²) < 4.78 is 4.98. The van der Waals surface area contributed by atoms with Crippen molar-refractivity contribution >= 4 is 17.3 Å². The average molecular weight is 216 g/mol. The number of rotatable bonds is 4. The minimum absolute atomic E-state index is 0.00197. The molecule has 0 spiro atoms.